The van der Waals surface area contributed by atoms with Gasteiger partial charge in [0.05, 0.1) is 23.8 Å². The maximum atomic E-state index is 13.0. The van der Waals surface area contributed by atoms with Gasteiger partial charge in [-0.1, -0.05) is 69.7 Å². The Morgan fingerprint density at radius 2 is 1.69 bits per heavy atom. The third-order valence-corrected chi connectivity index (χ3v) is 6.54. The summed E-state index contributed by atoms with van der Waals surface area (Å²) in [6.07, 6.45) is 9.48. The zero-order chi connectivity index (χ0) is 22.3. The highest BCUT2D eigenvalue weighted by Gasteiger charge is 2.35. The minimum absolute atomic E-state index is 0.0874. The molecule has 0 radical (unpaired) electrons. The second-order valence-electron chi connectivity index (χ2n) is 8.81. The number of fused-ring (bicyclic) bond motifs is 1. The molecular weight excluding hydrogens is 398 g/mol. The van der Waals surface area contributed by atoms with Gasteiger partial charge in [0, 0.05) is 25.4 Å². The van der Waals surface area contributed by atoms with Crippen LogP contribution in [-0.4, -0.2) is 29.1 Å². The van der Waals surface area contributed by atoms with Gasteiger partial charge < -0.3 is 14.2 Å². The van der Waals surface area contributed by atoms with Gasteiger partial charge in [0.1, 0.15) is 11.6 Å². The van der Waals surface area contributed by atoms with E-state index in [0.29, 0.717) is 13.0 Å². The number of ether oxygens (including phenoxy) is 1. The molecule has 1 aromatic heterocycles. The minimum atomic E-state index is 0.0874. The lowest BCUT2D eigenvalue weighted by Crippen LogP contribution is -2.25. The van der Waals surface area contributed by atoms with Gasteiger partial charge in [0.15, 0.2) is 0 Å². The van der Waals surface area contributed by atoms with Crippen LogP contribution in [0.5, 0.6) is 5.75 Å². The molecular formula is C27H35N3O2. The van der Waals surface area contributed by atoms with Crippen molar-refractivity contribution in [3.05, 3.63) is 54.4 Å². The molecule has 5 heteroatoms. The van der Waals surface area contributed by atoms with E-state index in [2.05, 4.69) is 29.7 Å². The van der Waals surface area contributed by atoms with Gasteiger partial charge in [-0.15, -0.1) is 0 Å². The summed E-state index contributed by atoms with van der Waals surface area (Å²) >= 11 is 0. The highest BCUT2D eigenvalue weighted by atomic mass is 16.5. The lowest BCUT2D eigenvalue weighted by molar-refractivity contribution is -0.117. The Balaban J connectivity index is 1.51. The van der Waals surface area contributed by atoms with Crippen LogP contribution in [0, 0.1) is 0 Å². The Kier molecular flexibility index (Phi) is 7.46. The molecule has 0 aliphatic carbocycles. The van der Waals surface area contributed by atoms with Crippen LogP contribution in [0.3, 0.4) is 0 Å². The summed E-state index contributed by atoms with van der Waals surface area (Å²) in [4.78, 5) is 19.8. The van der Waals surface area contributed by atoms with Gasteiger partial charge in [-0.05, 0) is 30.7 Å². The van der Waals surface area contributed by atoms with Gasteiger partial charge in [0.25, 0.3) is 0 Å². The number of anilines is 1. The molecule has 2 heterocycles. The van der Waals surface area contributed by atoms with Crippen molar-refractivity contribution in [3.63, 3.8) is 0 Å². The fourth-order valence-electron chi connectivity index (χ4n) is 4.83. The number of methoxy groups -OCH3 is 1. The smallest absolute Gasteiger partial charge is 0.227 e. The standard InChI is InChI=1S/C27H35N3O2/c1-3-4-5-6-7-8-13-18-29-23-15-10-9-14-22(23)28-27(29)21-19-26(31)30(20-21)24-16-11-12-17-25(24)32-2/h9-12,14-17,21H,3-8,13,18-20H2,1-2H3. The van der Waals surface area contributed by atoms with Crippen LogP contribution in [0.4, 0.5) is 5.69 Å². The molecule has 1 atom stereocenters. The van der Waals surface area contributed by atoms with Gasteiger partial charge in [0.2, 0.25) is 5.91 Å². The van der Waals surface area contributed by atoms with Crippen LogP contribution >= 0.6 is 0 Å². The van der Waals surface area contributed by atoms with E-state index < -0.39 is 0 Å². The van der Waals surface area contributed by atoms with Crippen LogP contribution in [-0.2, 0) is 11.3 Å². The summed E-state index contributed by atoms with van der Waals surface area (Å²) in [5, 5.41) is 0. The number of para-hydroxylation sites is 4. The Morgan fingerprint density at radius 1 is 0.969 bits per heavy atom. The van der Waals surface area contributed by atoms with E-state index in [0.717, 1.165) is 35.7 Å². The van der Waals surface area contributed by atoms with E-state index >= 15 is 0 Å². The van der Waals surface area contributed by atoms with E-state index in [1.165, 1.54) is 44.0 Å². The highest BCUT2D eigenvalue weighted by molar-refractivity contribution is 5.97. The van der Waals surface area contributed by atoms with Crippen LogP contribution in [0.1, 0.15) is 70.0 Å². The number of carbonyl (C=O) groups is 1. The van der Waals surface area contributed by atoms with E-state index in [1.54, 1.807) is 7.11 Å². The first-order valence-electron chi connectivity index (χ1n) is 12.1. The van der Waals surface area contributed by atoms with E-state index in [4.69, 9.17) is 9.72 Å². The van der Waals surface area contributed by atoms with Crippen molar-refractivity contribution in [2.24, 2.45) is 0 Å². The minimum Gasteiger partial charge on any atom is -0.495 e. The van der Waals surface area contributed by atoms with E-state index in [-0.39, 0.29) is 11.8 Å². The van der Waals surface area contributed by atoms with Crippen LogP contribution in [0.15, 0.2) is 48.5 Å². The number of nitrogens with zero attached hydrogens (tertiary/aromatic N) is 3. The predicted octanol–water partition coefficient (Wildman–Crippen LogP) is 6.32. The van der Waals surface area contributed by atoms with Crippen molar-refractivity contribution in [1.29, 1.82) is 0 Å². The zero-order valence-corrected chi connectivity index (χ0v) is 19.4. The molecule has 32 heavy (non-hydrogen) atoms. The fourth-order valence-corrected chi connectivity index (χ4v) is 4.83. The summed E-state index contributed by atoms with van der Waals surface area (Å²) in [6.45, 7) is 3.86. The Bertz CT molecular complexity index is 1040. The van der Waals surface area contributed by atoms with Gasteiger partial charge in [-0.2, -0.15) is 0 Å². The number of hydrogen-bond acceptors (Lipinski definition) is 3. The Hall–Kier alpha value is -2.82. The van der Waals surface area contributed by atoms with Crippen molar-refractivity contribution in [1.82, 2.24) is 9.55 Å². The maximum Gasteiger partial charge on any atom is 0.227 e. The summed E-state index contributed by atoms with van der Waals surface area (Å²) < 4.78 is 7.87. The normalized spacial score (nSPS) is 16.2. The number of amides is 1. The molecule has 0 N–H and O–H groups in total. The summed E-state index contributed by atoms with van der Waals surface area (Å²) in [5.74, 6) is 2.00. The molecule has 0 saturated carbocycles. The first kappa shape index (κ1) is 22.4. The summed E-state index contributed by atoms with van der Waals surface area (Å²) in [7, 11) is 1.65. The van der Waals surface area contributed by atoms with Crippen LogP contribution < -0.4 is 9.64 Å². The number of hydrogen-bond donors (Lipinski definition) is 0. The summed E-state index contributed by atoms with van der Waals surface area (Å²) in [5.41, 5.74) is 3.04. The third-order valence-electron chi connectivity index (χ3n) is 6.54. The molecule has 0 bridgehead atoms. The molecule has 1 aliphatic heterocycles. The first-order valence-corrected chi connectivity index (χ1v) is 12.1. The molecule has 2 aromatic carbocycles. The van der Waals surface area contributed by atoms with Crippen molar-refractivity contribution in [2.45, 2.75) is 70.8 Å². The number of benzene rings is 2. The van der Waals surface area contributed by atoms with Crippen molar-refractivity contribution >= 4 is 22.6 Å². The van der Waals surface area contributed by atoms with Gasteiger partial charge in [-0.25, -0.2) is 4.98 Å². The van der Waals surface area contributed by atoms with Crippen molar-refractivity contribution < 1.29 is 9.53 Å². The molecule has 1 unspecified atom stereocenters. The number of carbonyl (C=O) groups excluding carboxylic acids is 1. The molecule has 1 fully saturated rings. The van der Waals surface area contributed by atoms with Crippen molar-refractivity contribution in [2.75, 3.05) is 18.6 Å². The monoisotopic (exact) mass is 433 g/mol. The molecule has 1 amide bonds. The maximum absolute atomic E-state index is 13.0. The average molecular weight is 434 g/mol. The van der Waals surface area contributed by atoms with Crippen molar-refractivity contribution in [3.8, 4) is 5.75 Å². The van der Waals surface area contributed by atoms with Crippen LogP contribution in [0.25, 0.3) is 11.0 Å². The molecule has 5 nitrogen and oxygen atoms in total. The molecule has 3 aromatic rings. The fraction of sp³-hybridized carbons (Fsp3) is 0.481. The summed E-state index contributed by atoms with van der Waals surface area (Å²) in [6, 6.07) is 16.1. The average Bonchev–Trinajstić information content (AvgIpc) is 3.39. The molecule has 0 spiro atoms. The van der Waals surface area contributed by atoms with E-state index in [9.17, 15) is 4.79 Å². The van der Waals surface area contributed by atoms with Gasteiger partial charge in [-0.3, -0.25) is 4.79 Å². The molecule has 1 saturated heterocycles. The Morgan fingerprint density at radius 3 is 2.50 bits per heavy atom. The second kappa shape index (κ2) is 10.7. The Labute approximate surface area is 191 Å². The number of imidazole rings is 1. The van der Waals surface area contributed by atoms with E-state index in [1.807, 2.05) is 35.2 Å². The molecule has 170 valence electrons. The largest absolute Gasteiger partial charge is 0.495 e. The third kappa shape index (κ3) is 4.82. The number of aromatic nitrogens is 2. The second-order valence-corrected chi connectivity index (χ2v) is 8.81. The predicted molar refractivity (Wildman–Crippen MR) is 130 cm³/mol. The van der Waals surface area contributed by atoms with Crippen LogP contribution in [0.2, 0.25) is 0 Å². The number of aryl methyl sites for hydroxylation is 1. The number of rotatable bonds is 11. The zero-order valence-electron chi connectivity index (χ0n) is 19.4. The SMILES string of the molecule is CCCCCCCCCn1c(C2CC(=O)N(c3ccccc3OC)C2)nc2ccccc21. The highest BCUT2D eigenvalue weighted by Crippen LogP contribution is 2.37. The molecule has 1 aliphatic rings. The lowest BCUT2D eigenvalue weighted by atomic mass is 10.1. The number of unbranched alkanes of at least 4 members (excludes halogenated alkanes) is 6. The van der Waals surface area contributed by atoms with Gasteiger partial charge >= 0.3 is 0 Å². The quantitative estimate of drug-likeness (QED) is 0.333. The topological polar surface area (TPSA) is 47.4 Å². The lowest BCUT2D eigenvalue weighted by Gasteiger charge is -2.19. The molecule has 4 rings (SSSR count). The first-order chi connectivity index (χ1) is 15.7.